The monoisotopic (exact) mass is 187 g/mol. The van der Waals surface area contributed by atoms with E-state index in [9.17, 15) is 10.1 Å². The molecule has 1 rings (SSSR count). The summed E-state index contributed by atoms with van der Waals surface area (Å²) in [4.78, 5) is 10.2. The molecule has 0 N–H and O–H groups in total. The Hall–Kier alpha value is -1.04. The number of rotatable bonds is 2. The van der Waals surface area contributed by atoms with Gasteiger partial charge in [-0.15, -0.1) is 11.8 Å². The minimum atomic E-state index is -0.395. The average molecular weight is 187 g/mol. The number of thioether (sulfide) groups is 1. The van der Waals surface area contributed by atoms with Gasteiger partial charge in [0.15, 0.2) is 5.03 Å². The molecule has 0 fully saturated rings. The van der Waals surface area contributed by atoms with Crippen LogP contribution in [0.3, 0.4) is 0 Å². The second-order valence-electron chi connectivity index (χ2n) is 2.32. The molecular weight excluding hydrogens is 178 g/mol. The molecule has 66 valence electrons. The third-order valence-electron chi connectivity index (χ3n) is 1.65. The summed E-state index contributed by atoms with van der Waals surface area (Å²) in [7, 11) is 1.70. The van der Waals surface area contributed by atoms with Crippen LogP contribution in [0.2, 0.25) is 0 Å². The van der Waals surface area contributed by atoms with Gasteiger partial charge in [-0.25, -0.2) is 0 Å². The maximum absolute atomic E-state index is 10.6. The quantitative estimate of drug-likeness (QED) is 0.398. The SMILES string of the molecule is CSc1nn(C)c(C)c1[N+](=O)[O-]. The van der Waals surface area contributed by atoms with Gasteiger partial charge in [0.1, 0.15) is 5.69 Å². The van der Waals surface area contributed by atoms with E-state index in [2.05, 4.69) is 5.10 Å². The third-order valence-corrected chi connectivity index (χ3v) is 2.31. The molecule has 0 amide bonds. The maximum atomic E-state index is 10.6. The van der Waals surface area contributed by atoms with Crippen LogP contribution in [0.1, 0.15) is 5.69 Å². The average Bonchev–Trinajstić information content (AvgIpc) is 2.28. The summed E-state index contributed by atoms with van der Waals surface area (Å²) in [6.45, 7) is 1.69. The van der Waals surface area contributed by atoms with E-state index in [0.29, 0.717) is 10.7 Å². The second-order valence-corrected chi connectivity index (χ2v) is 3.12. The number of aryl methyl sites for hydroxylation is 1. The zero-order chi connectivity index (χ0) is 9.30. The lowest BCUT2D eigenvalue weighted by atomic mass is 10.4. The molecule has 0 unspecified atom stereocenters. The summed E-state index contributed by atoms with van der Waals surface area (Å²) in [6, 6.07) is 0. The van der Waals surface area contributed by atoms with Gasteiger partial charge in [0.25, 0.3) is 0 Å². The summed E-state index contributed by atoms with van der Waals surface area (Å²) in [5.74, 6) is 0. The van der Waals surface area contributed by atoms with Crippen molar-refractivity contribution in [2.24, 2.45) is 7.05 Å². The van der Waals surface area contributed by atoms with Crippen molar-refractivity contribution in [2.45, 2.75) is 11.9 Å². The van der Waals surface area contributed by atoms with Gasteiger partial charge in [0, 0.05) is 7.05 Å². The topological polar surface area (TPSA) is 61.0 Å². The van der Waals surface area contributed by atoms with Gasteiger partial charge in [-0.2, -0.15) is 5.10 Å². The normalized spacial score (nSPS) is 10.2. The molecule has 0 atom stereocenters. The first kappa shape index (κ1) is 9.05. The summed E-state index contributed by atoms with van der Waals surface area (Å²) in [6.07, 6.45) is 1.77. The molecule has 0 aromatic carbocycles. The zero-order valence-corrected chi connectivity index (χ0v) is 7.88. The molecule has 0 saturated carbocycles. The van der Waals surface area contributed by atoms with E-state index in [0.717, 1.165) is 0 Å². The lowest BCUT2D eigenvalue weighted by Crippen LogP contribution is -1.94. The van der Waals surface area contributed by atoms with E-state index in [-0.39, 0.29) is 5.69 Å². The van der Waals surface area contributed by atoms with E-state index < -0.39 is 4.92 Å². The van der Waals surface area contributed by atoms with Crippen molar-refractivity contribution in [3.63, 3.8) is 0 Å². The molecule has 0 aliphatic carbocycles. The molecule has 0 saturated heterocycles. The van der Waals surface area contributed by atoms with Crippen LogP contribution < -0.4 is 0 Å². The molecule has 5 nitrogen and oxygen atoms in total. The van der Waals surface area contributed by atoms with Crippen LogP contribution >= 0.6 is 11.8 Å². The highest BCUT2D eigenvalue weighted by Gasteiger charge is 2.22. The van der Waals surface area contributed by atoms with Crippen LogP contribution in [0.15, 0.2) is 5.03 Å². The van der Waals surface area contributed by atoms with Gasteiger partial charge in [0.2, 0.25) is 0 Å². The van der Waals surface area contributed by atoms with Crippen molar-refractivity contribution >= 4 is 17.4 Å². The third kappa shape index (κ3) is 1.29. The Morgan fingerprint density at radius 3 is 2.58 bits per heavy atom. The Morgan fingerprint density at radius 2 is 2.25 bits per heavy atom. The molecule has 1 heterocycles. The Balaban J connectivity index is 3.31. The van der Waals surface area contributed by atoms with Crippen LogP contribution in [0.5, 0.6) is 0 Å². The molecule has 0 aliphatic rings. The van der Waals surface area contributed by atoms with Crippen molar-refractivity contribution in [2.75, 3.05) is 6.26 Å². The molecule has 0 aliphatic heterocycles. The zero-order valence-electron chi connectivity index (χ0n) is 7.07. The van der Waals surface area contributed by atoms with Crippen molar-refractivity contribution in [1.29, 1.82) is 0 Å². The van der Waals surface area contributed by atoms with Crippen molar-refractivity contribution in [1.82, 2.24) is 9.78 Å². The molecule has 0 spiro atoms. The van der Waals surface area contributed by atoms with Crippen LogP contribution in [0.25, 0.3) is 0 Å². The van der Waals surface area contributed by atoms with Gasteiger partial charge >= 0.3 is 5.69 Å². The Labute approximate surface area is 73.9 Å². The predicted octanol–water partition coefficient (Wildman–Crippen LogP) is 1.36. The molecular formula is C6H9N3O2S. The lowest BCUT2D eigenvalue weighted by Gasteiger charge is -1.90. The van der Waals surface area contributed by atoms with E-state index in [1.165, 1.54) is 16.4 Å². The Morgan fingerprint density at radius 1 is 1.67 bits per heavy atom. The number of nitro groups is 1. The van der Waals surface area contributed by atoms with E-state index in [1.54, 1.807) is 20.2 Å². The van der Waals surface area contributed by atoms with Gasteiger partial charge in [-0.3, -0.25) is 14.8 Å². The smallest absolute Gasteiger partial charge is 0.265 e. The molecule has 1 aromatic rings. The molecule has 0 bridgehead atoms. The van der Waals surface area contributed by atoms with E-state index >= 15 is 0 Å². The molecule has 6 heteroatoms. The first-order valence-corrected chi connectivity index (χ1v) is 4.52. The van der Waals surface area contributed by atoms with Crippen LogP contribution in [-0.4, -0.2) is 21.0 Å². The van der Waals surface area contributed by atoms with Gasteiger partial charge in [0.05, 0.1) is 4.92 Å². The molecule has 0 radical (unpaired) electrons. The number of hydrogen-bond acceptors (Lipinski definition) is 4. The minimum Gasteiger partial charge on any atom is -0.265 e. The second kappa shape index (κ2) is 3.14. The van der Waals surface area contributed by atoms with Crippen LogP contribution in [-0.2, 0) is 7.05 Å². The Kier molecular flexibility index (Phi) is 2.37. The number of aromatic nitrogens is 2. The van der Waals surface area contributed by atoms with Crippen LogP contribution in [0.4, 0.5) is 5.69 Å². The first-order chi connectivity index (χ1) is 5.57. The van der Waals surface area contributed by atoms with Crippen molar-refractivity contribution in [3.8, 4) is 0 Å². The number of hydrogen-bond donors (Lipinski definition) is 0. The Bertz CT molecular complexity index is 321. The van der Waals surface area contributed by atoms with Gasteiger partial charge in [-0.1, -0.05) is 0 Å². The largest absolute Gasteiger partial charge is 0.323 e. The fourth-order valence-corrected chi connectivity index (χ4v) is 1.53. The standard InChI is InChI=1S/C6H9N3O2S/c1-4-5(9(10)11)6(12-3)7-8(4)2/h1-3H3. The highest BCUT2D eigenvalue weighted by molar-refractivity contribution is 7.98. The summed E-state index contributed by atoms with van der Waals surface area (Å²) in [5, 5.41) is 15.0. The summed E-state index contributed by atoms with van der Waals surface area (Å²) in [5.41, 5.74) is 0.703. The van der Waals surface area contributed by atoms with E-state index in [1.807, 2.05) is 0 Å². The fraction of sp³-hybridized carbons (Fsp3) is 0.500. The first-order valence-electron chi connectivity index (χ1n) is 3.30. The maximum Gasteiger partial charge on any atom is 0.323 e. The highest BCUT2D eigenvalue weighted by atomic mass is 32.2. The minimum absolute atomic E-state index is 0.116. The van der Waals surface area contributed by atoms with Gasteiger partial charge in [-0.05, 0) is 13.2 Å². The predicted molar refractivity (Wildman–Crippen MR) is 46.4 cm³/mol. The molecule has 12 heavy (non-hydrogen) atoms. The lowest BCUT2D eigenvalue weighted by molar-refractivity contribution is -0.388. The highest BCUT2D eigenvalue weighted by Crippen LogP contribution is 2.28. The summed E-state index contributed by atoms with van der Waals surface area (Å²) >= 11 is 1.29. The van der Waals surface area contributed by atoms with E-state index in [4.69, 9.17) is 0 Å². The molecule has 1 aromatic heterocycles. The van der Waals surface area contributed by atoms with Gasteiger partial charge < -0.3 is 0 Å². The fourth-order valence-electron chi connectivity index (χ4n) is 0.914. The van der Waals surface area contributed by atoms with Crippen molar-refractivity contribution < 1.29 is 4.92 Å². The number of nitrogens with zero attached hydrogens (tertiary/aromatic N) is 3. The van der Waals surface area contributed by atoms with Crippen LogP contribution in [0, 0.1) is 17.0 Å². The van der Waals surface area contributed by atoms with Crippen molar-refractivity contribution in [3.05, 3.63) is 15.8 Å². The summed E-state index contributed by atoms with van der Waals surface area (Å²) < 4.78 is 1.52.